The molecule has 0 amide bonds. The van der Waals surface area contributed by atoms with Crippen molar-refractivity contribution in [1.29, 1.82) is 0 Å². The van der Waals surface area contributed by atoms with Crippen LogP contribution < -0.4 is 5.73 Å². The van der Waals surface area contributed by atoms with Crippen molar-refractivity contribution in [3.63, 3.8) is 0 Å². The summed E-state index contributed by atoms with van der Waals surface area (Å²) in [5, 5.41) is 10.4. The first-order chi connectivity index (χ1) is 9.46. The number of carbonyl (C=O) groups excluding carboxylic acids is 1. The van der Waals surface area contributed by atoms with Gasteiger partial charge in [-0.3, -0.25) is 0 Å². The highest BCUT2D eigenvalue weighted by atomic mass is 19.1. The van der Waals surface area contributed by atoms with E-state index in [2.05, 4.69) is 9.97 Å². The van der Waals surface area contributed by atoms with E-state index in [0.29, 0.717) is 17.3 Å². The molecule has 0 radical (unpaired) electrons. The molecule has 7 nitrogen and oxygen atoms in total. The molecule has 20 heavy (non-hydrogen) atoms. The summed E-state index contributed by atoms with van der Waals surface area (Å²) in [7, 11) is 0. The van der Waals surface area contributed by atoms with Gasteiger partial charge in [0.2, 0.25) is 0 Å². The maximum absolute atomic E-state index is 14.7. The summed E-state index contributed by atoms with van der Waals surface area (Å²) in [5.41, 5.74) is 3.96. The lowest BCUT2D eigenvalue weighted by Crippen LogP contribution is -2.39. The van der Waals surface area contributed by atoms with E-state index in [1.165, 1.54) is 24.0 Å². The van der Waals surface area contributed by atoms with Gasteiger partial charge in [0.15, 0.2) is 18.2 Å². The Morgan fingerprint density at radius 2 is 2.35 bits per heavy atom. The number of nitrogens with two attached hydrogens (primary N) is 1. The van der Waals surface area contributed by atoms with Gasteiger partial charge in [-0.2, -0.15) is 0 Å². The van der Waals surface area contributed by atoms with E-state index in [4.69, 9.17) is 10.5 Å². The van der Waals surface area contributed by atoms with Gasteiger partial charge in [-0.05, 0) is 13.0 Å². The van der Waals surface area contributed by atoms with E-state index in [9.17, 15) is 14.3 Å². The zero-order valence-electron chi connectivity index (χ0n) is 10.6. The molecule has 1 fully saturated rings. The first-order valence-corrected chi connectivity index (χ1v) is 6.01. The number of aromatic nitrogens is 3. The Hall–Kier alpha value is -2.06. The number of aldehydes is 1. The lowest BCUT2D eigenvalue weighted by molar-refractivity contribution is -0.122. The quantitative estimate of drug-likeness (QED) is 0.762. The Balaban J connectivity index is 2.12. The number of nitrogen functional groups attached to an aromatic ring is 1. The maximum Gasteiger partial charge on any atom is 0.181 e. The third kappa shape index (κ3) is 1.61. The Bertz CT molecular complexity index is 672. The number of halogens is 1. The number of alkyl halides is 1. The molecule has 106 valence electrons. The Kier molecular flexibility index (Phi) is 2.73. The molecule has 1 aliphatic rings. The molecule has 1 saturated heterocycles. The largest absolute Gasteiger partial charge is 0.386 e. The Morgan fingerprint density at radius 3 is 3.00 bits per heavy atom. The highest BCUT2D eigenvalue weighted by Gasteiger charge is 2.55. The first-order valence-electron chi connectivity index (χ1n) is 6.01. The number of hydrogen-bond donors (Lipinski definition) is 2. The second-order valence-electron chi connectivity index (χ2n) is 4.90. The molecule has 0 bridgehead atoms. The van der Waals surface area contributed by atoms with Crippen LogP contribution >= 0.6 is 0 Å². The summed E-state index contributed by atoms with van der Waals surface area (Å²) < 4.78 is 21.4. The monoisotopic (exact) mass is 280 g/mol. The number of rotatable bonds is 2. The molecule has 0 saturated carbocycles. The fourth-order valence-electron chi connectivity index (χ4n) is 2.45. The highest BCUT2D eigenvalue weighted by Crippen LogP contribution is 2.42. The molecule has 8 heteroatoms. The van der Waals surface area contributed by atoms with Crippen molar-refractivity contribution in [2.24, 2.45) is 0 Å². The van der Waals surface area contributed by atoms with Crippen molar-refractivity contribution in [1.82, 2.24) is 14.5 Å². The first kappa shape index (κ1) is 12.9. The topological polar surface area (TPSA) is 103 Å². The van der Waals surface area contributed by atoms with Crippen LogP contribution in [0.5, 0.6) is 0 Å². The molecule has 3 heterocycles. The van der Waals surface area contributed by atoms with Crippen LogP contribution in [-0.2, 0) is 9.53 Å². The molecule has 2 aromatic heterocycles. The smallest absolute Gasteiger partial charge is 0.181 e. The van der Waals surface area contributed by atoms with Crippen LogP contribution in [0.15, 0.2) is 18.6 Å². The van der Waals surface area contributed by atoms with Crippen LogP contribution in [0.4, 0.5) is 10.2 Å². The van der Waals surface area contributed by atoms with E-state index in [1.54, 1.807) is 6.07 Å². The SMILES string of the molecule is CC1(F)C(O)C(C=O)OC1n1ccc2c(N)ncnc21. The minimum absolute atomic E-state index is 0.264. The zero-order chi connectivity index (χ0) is 14.5. The van der Waals surface area contributed by atoms with Gasteiger partial charge in [0.05, 0.1) is 5.39 Å². The molecule has 0 spiro atoms. The second kappa shape index (κ2) is 4.22. The summed E-state index contributed by atoms with van der Waals surface area (Å²) >= 11 is 0. The van der Waals surface area contributed by atoms with Crippen LogP contribution in [-0.4, -0.2) is 43.8 Å². The molecule has 2 aromatic rings. The molecular formula is C12H13FN4O3. The molecule has 3 N–H and O–H groups in total. The van der Waals surface area contributed by atoms with Gasteiger partial charge in [0.1, 0.15) is 30.0 Å². The van der Waals surface area contributed by atoms with E-state index in [0.717, 1.165) is 0 Å². The predicted octanol–water partition coefficient (Wildman–Crippen LogP) is 0.199. The fourth-order valence-corrected chi connectivity index (χ4v) is 2.45. The average molecular weight is 280 g/mol. The van der Waals surface area contributed by atoms with E-state index in [-0.39, 0.29) is 5.82 Å². The van der Waals surface area contributed by atoms with Crippen LogP contribution in [0.25, 0.3) is 11.0 Å². The standard InChI is InChI=1S/C12H13FN4O3/c1-12(13)8(19)7(4-18)20-11(12)17-3-2-6-9(14)15-5-16-10(6)17/h2-5,7-8,11,19H,1H3,(H2,14,15,16). The van der Waals surface area contributed by atoms with Gasteiger partial charge >= 0.3 is 0 Å². The van der Waals surface area contributed by atoms with Crippen LogP contribution in [0.3, 0.4) is 0 Å². The molecule has 4 unspecified atom stereocenters. The van der Waals surface area contributed by atoms with Crippen LogP contribution in [0.1, 0.15) is 13.2 Å². The number of hydrogen-bond acceptors (Lipinski definition) is 6. The lowest BCUT2D eigenvalue weighted by atomic mass is 9.99. The number of fused-ring (bicyclic) bond motifs is 1. The van der Waals surface area contributed by atoms with Gasteiger partial charge in [-0.1, -0.05) is 0 Å². The maximum atomic E-state index is 14.7. The number of nitrogens with zero attached hydrogens (tertiary/aromatic N) is 3. The molecule has 0 aliphatic carbocycles. The summed E-state index contributed by atoms with van der Waals surface area (Å²) in [4.78, 5) is 18.7. The average Bonchev–Trinajstić information content (AvgIpc) is 2.92. The number of carbonyl (C=O) groups is 1. The predicted molar refractivity (Wildman–Crippen MR) is 67.4 cm³/mol. The molecule has 1 aliphatic heterocycles. The van der Waals surface area contributed by atoms with Crippen molar-refractivity contribution in [3.05, 3.63) is 18.6 Å². The molecular weight excluding hydrogens is 267 g/mol. The van der Waals surface area contributed by atoms with Crippen molar-refractivity contribution in [3.8, 4) is 0 Å². The van der Waals surface area contributed by atoms with Gasteiger partial charge in [-0.25, -0.2) is 14.4 Å². The summed E-state index contributed by atoms with van der Waals surface area (Å²) in [6, 6.07) is 1.63. The van der Waals surface area contributed by atoms with Gasteiger partial charge in [0, 0.05) is 6.20 Å². The van der Waals surface area contributed by atoms with Gasteiger partial charge < -0.3 is 24.9 Å². The van der Waals surface area contributed by atoms with Crippen LogP contribution in [0, 0.1) is 0 Å². The van der Waals surface area contributed by atoms with Crippen LogP contribution in [0.2, 0.25) is 0 Å². The third-order valence-electron chi connectivity index (χ3n) is 3.59. The fraction of sp³-hybridized carbons (Fsp3) is 0.417. The van der Waals surface area contributed by atoms with Crippen molar-refractivity contribution in [2.75, 3.05) is 5.73 Å². The summed E-state index contributed by atoms with van der Waals surface area (Å²) in [6.07, 6.45) is -0.741. The minimum atomic E-state index is -2.13. The van der Waals surface area contributed by atoms with Crippen molar-refractivity contribution >= 4 is 23.1 Å². The third-order valence-corrected chi connectivity index (χ3v) is 3.59. The number of aliphatic hydroxyl groups is 1. The number of anilines is 1. The Labute approximate surface area is 113 Å². The second-order valence-corrected chi connectivity index (χ2v) is 4.90. The summed E-state index contributed by atoms with van der Waals surface area (Å²) in [5.74, 6) is 0.264. The number of ether oxygens (including phenoxy) is 1. The van der Waals surface area contributed by atoms with Gasteiger partial charge in [-0.15, -0.1) is 0 Å². The highest BCUT2D eigenvalue weighted by molar-refractivity contribution is 5.86. The van der Waals surface area contributed by atoms with E-state index in [1.807, 2.05) is 0 Å². The van der Waals surface area contributed by atoms with Crippen molar-refractivity contribution < 1.29 is 19.0 Å². The lowest BCUT2D eigenvalue weighted by Gasteiger charge is -2.24. The van der Waals surface area contributed by atoms with E-state index < -0.39 is 24.1 Å². The number of aliphatic hydroxyl groups excluding tert-OH is 1. The normalized spacial score (nSPS) is 33.6. The molecule has 0 aromatic carbocycles. The van der Waals surface area contributed by atoms with E-state index >= 15 is 0 Å². The zero-order valence-corrected chi connectivity index (χ0v) is 10.6. The molecule has 3 rings (SSSR count). The van der Waals surface area contributed by atoms with Gasteiger partial charge in [0.25, 0.3) is 0 Å². The minimum Gasteiger partial charge on any atom is -0.386 e. The Morgan fingerprint density at radius 1 is 1.60 bits per heavy atom. The van der Waals surface area contributed by atoms with Crippen molar-refractivity contribution in [2.45, 2.75) is 31.0 Å². The summed E-state index contributed by atoms with van der Waals surface area (Å²) in [6.45, 7) is 1.18. The molecule has 4 atom stereocenters.